The van der Waals surface area contributed by atoms with E-state index in [0.717, 1.165) is 8.95 Å². The molecule has 0 saturated heterocycles. The van der Waals surface area contributed by atoms with E-state index in [2.05, 4.69) is 165 Å². The number of rotatable bonds is 5. The van der Waals surface area contributed by atoms with Crippen LogP contribution in [0, 0.1) is 0 Å². The Bertz CT molecular complexity index is 1230. The third-order valence-electron chi connectivity index (χ3n) is 6.13. The second kappa shape index (κ2) is 9.64. The Morgan fingerprint density at radius 2 is 0.727 bits per heavy atom. The molecule has 0 spiro atoms. The van der Waals surface area contributed by atoms with E-state index in [1.165, 1.54) is 31.9 Å². The second-order valence-corrected chi connectivity index (χ2v) is 13.7. The first-order chi connectivity index (χ1) is 16.2. The Hall–Kier alpha value is -2.72. The van der Waals surface area contributed by atoms with E-state index >= 15 is 0 Å². The van der Waals surface area contributed by atoms with Crippen molar-refractivity contribution in [2.24, 2.45) is 0 Å². The molecule has 0 bridgehead atoms. The summed E-state index contributed by atoms with van der Waals surface area (Å²) >= 11 is 7.25. The van der Waals surface area contributed by atoms with E-state index in [4.69, 9.17) is 0 Å². The molecule has 0 fully saturated rings. The minimum absolute atomic E-state index is 1.07. The summed E-state index contributed by atoms with van der Waals surface area (Å²) in [6.45, 7) is 0. The quantitative estimate of drug-likeness (QED) is 0.173. The lowest BCUT2D eigenvalue weighted by Gasteiger charge is -2.34. The fourth-order valence-electron chi connectivity index (χ4n) is 4.70. The molecule has 0 aliphatic carbocycles. The maximum atomic E-state index is 3.63. The number of halogens is 2. The summed E-state index contributed by atoms with van der Waals surface area (Å²) in [5, 5.41) is 5.55. The Labute approximate surface area is 213 Å². The van der Waals surface area contributed by atoms with Gasteiger partial charge in [0.2, 0.25) is 0 Å². The van der Waals surface area contributed by atoms with Gasteiger partial charge < -0.3 is 0 Å². The van der Waals surface area contributed by atoms with E-state index in [1.807, 2.05) is 0 Å². The molecule has 160 valence electrons. The molecule has 0 aliphatic heterocycles. The zero-order chi connectivity index (χ0) is 22.7. The lowest BCUT2D eigenvalue weighted by molar-refractivity contribution is 1.56. The van der Waals surface area contributed by atoms with Crippen LogP contribution in [0.2, 0.25) is 0 Å². The summed E-state index contributed by atoms with van der Waals surface area (Å²) in [6, 6.07) is 48.7. The van der Waals surface area contributed by atoms with Crippen molar-refractivity contribution in [2.45, 2.75) is 0 Å². The first-order valence-corrected chi connectivity index (χ1v) is 14.5. The van der Waals surface area contributed by atoms with Crippen molar-refractivity contribution in [1.82, 2.24) is 0 Å². The summed E-state index contributed by atoms with van der Waals surface area (Å²) in [6.07, 6.45) is 0. The van der Waals surface area contributed by atoms with Crippen LogP contribution in [-0.2, 0) is 0 Å². The molecule has 5 aromatic rings. The summed E-state index contributed by atoms with van der Waals surface area (Å²) < 4.78 is 2.13. The van der Waals surface area contributed by atoms with Crippen molar-refractivity contribution in [3.05, 3.63) is 142 Å². The fraction of sp³-hybridized carbons (Fsp3) is 0. The number of benzene rings is 5. The highest BCUT2D eigenvalue weighted by Crippen LogP contribution is 2.27. The van der Waals surface area contributed by atoms with Crippen LogP contribution < -0.4 is 20.7 Å². The lowest BCUT2D eigenvalue weighted by atomic mass is 10.1. The van der Waals surface area contributed by atoms with Crippen LogP contribution in [-0.4, -0.2) is 8.07 Å². The predicted octanol–water partition coefficient (Wildman–Crippen LogP) is 6.26. The summed E-state index contributed by atoms with van der Waals surface area (Å²) in [5.74, 6) is 0. The molecule has 5 aromatic carbocycles. The largest absolute Gasteiger partial charge is 0.179 e. The molecule has 5 rings (SSSR count). The van der Waals surface area contributed by atoms with Crippen molar-refractivity contribution in [3.8, 4) is 11.1 Å². The minimum atomic E-state index is -2.46. The average molecular weight is 570 g/mol. The lowest BCUT2D eigenvalue weighted by Crippen LogP contribution is -2.74. The van der Waals surface area contributed by atoms with Crippen LogP contribution in [0.25, 0.3) is 11.1 Å². The van der Waals surface area contributed by atoms with Crippen molar-refractivity contribution in [2.75, 3.05) is 0 Å². The van der Waals surface area contributed by atoms with E-state index in [9.17, 15) is 0 Å². The molecular weight excluding hydrogens is 548 g/mol. The Balaban J connectivity index is 1.76. The zero-order valence-electron chi connectivity index (χ0n) is 18.0. The minimum Gasteiger partial charge on any atom is -0.0623 e. The summed E-state index contributed by atoms with van der Waals surface area (Å²) in [4.78, 5) is 0. The van der Waals surface area contributed by atoms with E-state index < -0.39 is 8.07 Å². The molecule has 0 radical (unpaired) electrons. The van der Waals surface area contributed by atoms with Gasteiger partial charge in [0.15, 0.2) is 8.07 Å². The SMILES string of the molecule is Brc1cc(Br)cc(-c2ccc([Si](c3ccccc3)(c3ccccc3)c3ccccc3)cc2)c1. The Morgan fingerprint density at radius 1 is 0.364 bits per heavy atom. The maximum Gasteiger partial charge on any atom is 0.179 e. The molecule has 0 heterocycles. The van der Waals surface area contributed by atoms with Gasteiger partial charge in [-0.2, -0.15) is 0 Å². The molecule has 33 heavy (non-hydrogen) atoms. The molecule has 0 unspecified atom stereocenters. The van der Waals surface area contributed by atoms with Crippen LogP contribution in [0.1, 0.15) is 0 Å². The van der Waals surface area contributed by atoms with Crippen LogP contribution in [0.4, 0.5) is 0 Å². The molecule has 0 saturated carbocycles. The zero-order valence-corrected chi connectivity index (χ0v) is 22.1. The maximum absolute atomic E-state index is 3.63. The van der Waals surface area contributed by atoms with E-state index in [-0.39, 0.29) is 0 Å². The van der Waals surface area contributed by atoms with Crippen molar-refractivity contribution in [3.63, 3.8) is 0 Å². The van der Waals surface area contributed by atoms with E-state index in [0.29, 0.717) is 0 Å². The first-order valence-electron chi connectivity index (χ1n) is 10.9. The monoisotopic (exact) mass is 568 g/mol. The second-order valence-electron chi connectivity index (χ2n) is 8.08. The molecular formula is C30H22Br2Si. The molecule has 3 heteroatoms. The van der Waals surface area contributed by atoms with Gasteiger partial charge in [0.05, 0.1) is 0 Å². The molecule has 0 aliphatic rings. The van der Waals surface area contributed by atoms with Gasteiger partial charge >= 0.3 is 0 Å². The molecule has 0 aromatic heterocycles. The predicted molar refractivity (Wildman–Crippen MR) is 151 cm³/mol. The molecule has 0 N–H and O–H groups in total. The van der Waals surface area contributed by atoms with Crippen molar-refractivity contribution >= 4 is 60.7 Å². The summed E-state index contributed by atoms with van der Waals surface area (Å²) in [5.41, 5.74) is 2.40. The smallest absolute Gasteiger partial charge is 0.0623 e. The van der Waals surface area contributed by atoms with Crippen molar-refractivity contribution < 1.29 is 0 Å². The van der Waals surface area contributed by atoms with Gasteiger partial charge in [-0.15, -0.1) is 0 Å². The first kappa shape index (κ1) is 22.1. The molecule has 0 nitrogen and oxygen atoms in total. The summed E-state index contributed by atoms with van der Waals surface area (Å²) in [7, 11) is -2.46. The van der Waals surface area contributed by atoms with Crippen LogP contribution in [0.3, 0.4) is 0 Å². The van der Waals surface area contributed by atoms with Gasteiger partial charge in [-0.3, -0.25) is 0 Å². The fourth-order valence-corrected chi connectivity index (χ4v) is 10.7. The molecule has 0 amide bonds. The highest BCUT2D eigenvalue weighted by atomic mass is 79.9. The third kappa shape index (κ3) is 4.29. The highest BCUT2D eigenvalue weighted by Gasteiger charge is 2.41. The van der Waals surface area contributed by atoms with E-state index in [1.54, 1.807) is 0 Å². The van der Waals surface area contributed by atoms with Gasteiger partial charge in [-0.05, 0) is 50.1 Å². The van der Waals surface area contributed by atoms with Crippen LogP contribution >= 0.6 is 31.9 Å². The molecule has 0 atom stereocenters. The van der Waals surface area contributed by atoms with Gasteiger partial charge in [0.25, 0.3) is 0 Å². The highest BCUT2D eigenvalue weighted by molar-refractivity contribution is 9.11. The third-order valence-corrected chi connectivity index (χ3v) is 11.8. The van der Waals surface area contributed by atoms with Gasteiger partial charge in [-0.1, -0.05) is 147 Å². The Morgan fingerprint density at radius 3 is 1.12 bits per heavy atom. The standard InChI is InChI=1S/C30H22Br2Si/c31-25-20-24(21-26(32)22-25)23-16-18-30(19-17-23)33(27-10-4-1-5-11-27,28-12-6-2-7-13-28)29-14-8-3-9-15-29/h1-22H. The van der Waals surface area contributed by atoms with Crippen LogP contribution in [0.15, 0.2) is 142 Å². The topological polar surface area (TPSA) is 0 Å². The number of hydrogen-bond acceptors (Lipinski definition) is 0. The number of hydrogen-bond donors (Lipinski definition) is 0. The van der Waals surface area contributed by atoms with Crippen molar-refractivity contribution in [1.29, 1.82) is 0 Å². The normalized spacial score (nSPS) is 11.3. The Kier molecular flexibility index (Phi) is 6.45. The van der Waals surface area contributed by atoms with Gasteiger partial charge in [-0.25, -0.2) is 0 Å². The van der Waals surface area contributed by atoms with Gasteiger partial charge in [0, 0.05) is 8.95 Å². The van der Waals surface area contributed by atoms with Crippen LogP contribution in [0.5, 0.6) is 0 Å². The average Bonchev–Trinajstić information content (AvgIpc) is 2.86. The van der Waals surface area contributed by atoms with Gasteiger partial charge in [0.1, 0.15) is 0 Å².